The van der Waals surface area contributed by atoms with Crippen LogP contribution in [0, 0.1) is 0 Å². The van der Waals surface area contributed by atoms with E-state index in [-0.39, 0.29) is 11.5 Å². The second-order valence-electron chi connectivity index (χ2n) is 3.67. The minimum absolute atomic E-state index is 0.210. The molecule has 0 radical (unpaired) electrons. The Labute approximate surface area is 102 Å². The predicted molar refractivity (Wildman–Crippen MR) is 60.9 cm³/mol. The van der Waals surface area contributed by atoms with E-state index in [2.05, 4.69) is 5.16 Å². The van der Waals surface area contributed by atoms with Gasteiger partial charge in [-0.2, -0.15) is 0 Å². The maximum absolute atomic E-state index is 10.7. The molecule has 2 rings (SSSR count). The fourth-order valence-corrected chi connectivity index (χ4v) is 1.61. The predicted octanol–water partition coefficient (Wildman–Crippen LogP) is 1.07. The summed E-state index contributed by atoms with van der Waals surface area (Å²) in [6.45, 7) is -0.434. The van der Waals surface area contributed by atoms with E-state index in [1.165, 1.54) is 6.07 Å². The number of benzene rings is 1. The number of aliphatic hydroxyl groups is 2. The van der Waals surface area contributed by atoms with Crippen LogP contribution in [-0.2, 0) is 0 Å². The van der Waals surface area contributed by atoms with Gasteiger partial charge in [0.1, 0.15) is 6.10 Å². The van der Waals surface area contributed by atoms with Crippen molar-refractivity contribution >= 4 is 5.97 Å². The summed E-state index contributed by atoms with van der Waals surface area (Å²) in [4.78, 5) is 10.7. The Hall–Kier alpha value is -2.18. The van der Waals surface area contributed by atoms with Crippen molar-refractivity contribution in [3.05, 3.63) is 41.6 Å². The molecule has 1 unspecified atom stereocenters. The Bertz CT molecular complexity index is 563. The van der Waals surface area contributed by atoms with E-state index < -0.39 is 18.7 Å². The lowest BCUT2D eigenvalue weighted by Gasteiger charge is -2.10. The van der Waals surface area contributed by atoms with Crippen LogP contribution in [0.2, 0.25) is 0 Å². The number of hydrogen-bond donors (Lipinski definition) is 3. The van der Waals surface area contributed by atoms with Gasteiger partial charge in [-0.3, -0.25) is 0 Å². The molecule has 0 spiro atoms. The van der Waals surface area contributed by atoms with Gasteiger partial charge >= 0.3 is 5.97 Å². The second kappa shape index (κ2) is 4.99. The molecule has 6 nitrogen and oxygen atoms in total. The van der Waals surface area contributed by atoms with Crippen LogP contribution >= 0.6 is 0 Å². The number of rotatable bonds is 4. The highest BCUT2D eigenvalue weighted by atomic mass is 16.5. The molecular formula is C12H11NO5. The zero-order valence-corrected chi connectivity index (χ0v) is 9.28. The van der Waals surface area contributed by atoms with Crippen molar-refractivity contribution in [1.29, 1.82) is 0 Å². The van der Waals surface area contributed by atoms with Gasteiger partial charge in [0, 0.05) is 11.6 Å². The fourth-order valence-electron chi connectivity index (χ4n) is 1.61. The van der Waals surface area contributed by atoms with Crippen LogP contribution in [0.4, 0.5) is 0 Å². The molecule has 0 aliphatic carbocycles. The third-order valence-corrected chi connectivity index (χ3v) is 2.49. The number of hydrogen-bond acceptors (Lipinski definition) is 5. The molecule has 0 aliphatic heterocycles. The molecule has 0 saturated carbocycles. The van der Waals surface area contributed by atoms with Crippen molar-refractivity contribution < 1.29 is 24.6 Å². The number of carboxylic acid groups (broad SMARTS) is 1. The van der Waals surface area contributed by atoms with Gasteiger partial charge in [0.05, 0.1) is 6.61 Å². The smallest absolute Gasteiger partial charge is 0.358 e. The average molecular weight is 249 g/mol. The lowest BCUT2D eigenvalue weighted by atomic mass is 10.0. The second-order valence-corrected chi connectivity index (χ2v) is 3.67. The number of aromatic nitrogens is 1. The zero-order chi connectivity index (χ0) is 13.1. The molecule has 2 aromatic rings. The van der Waals surface area contributed by atoms with Crippen LogP contribution in [-0.4, -0.2) is 33.1 Å². The summed E-state index contributed by atoms with van der Waals surface area (Å²) < 4.78 is 4.92. The van der Waals surface area contributed by atoms with Crippen molar-refractivity contribution in [2.75, 3.05) is 6.61 Å². The van der Waals surface area contributed by atoms with Gasteiger partial charge in [0.25, 0.3) is 0 Å². The lowest BCUT2D eigenvalue weighted by Crippen LogP contribution is -2.03. The molecule has 0 saturated heterocycles. The molecule has 94 valence electrons. The number of aromatic carboxylic acids is 1. The molecule has 0 amide bonds. The topological polar surface area (TPSA) is 104 Å². The Kier molecular flexibility index (Phi) is 3.40. The molecule has 1 atom stereocenters. The summed E-state index contributed by atoms with van der Waals surface area (Å²) in [7, 11) is 0. The average Bonchev–Trinajstić information content (AvgIpc) is 2.87. The molecule has 0 fully saturated rings. The molecular weight excluding hydrogens is 238 g/mol. The quantitative estimate of drug-likeness (QED) is 0.748. The lowest BCUT2D eigenvalue weighted by molar-refractivity contribution is 0.0686. The highest BCUT2D eigenvalue weighted by Gasteiger charge is 2.17. The largest absolute Gasteiger partial charge is 0.476 e. The highest BCUT2D eigenvalue weighted by Crippen LogP contribution is 2.28. The summed E-state index contributed by atoms with van der Waals surface area (Å²) >= 11 is 0. The van der Waals surface area contributed by atoms with Crippen molar-refractivity contribution in [2.24, 2.45) is 0 Å². The van der Waals surface area contributed by atoms with Gasteiger partial charge < -0.3 is 19.8 Å². The summed E-state index contributed by atoms with van der Waals surface area (Å²) in [5, 5.41) is 30.8. The Balaban J connectivity index is 2.46. The molecule has 3 N–H and O–H groups in total. The van der Waals surface area contributed by atoms with Crippen molar-refractivity contribution in [3.8, 4) is 11.3 Å². The van der Waals surface area contributed by atoms with Gasteiger partial charge in [-0.05, 0) is 5.56 Å². The maximum atomic E-state index is 10.7. The van der Waals surface area contributed by atoms with Crippen molar-refractivity contribution in [2.45, 2.75) is 6.10 Å². The highest BCUT2D eigenvalue weighted by molar-refractivity contribution is 5.86. The third-order valence-electron chi connectivity index (χ3n) is 2.49. The van der Waals surface area contributed by atoms with Crippen LogP contribution < -0.4 is 0 Å². The molecule has 0 aliphatic rings. The minimum atomic E-state index is -1.19. The Morgan fingerprint density at radius 1 is 1.39 bits per heavy atom. The van der Waals surface area contributed by atoms with Gasteiger partial charge in [-0.15, -0.1) is 0 Å². The first-order chi connectivity index (χ1) is 8.63. The zero-order valence-electron chi connectivity index (χ0n) is 9.28. The van der Waals surface area contributed by atoms with Gasteiger partial charge in [-0.1, -0.05) is 29.4 Å². The molecule has 18 heavy (non-hydrogen) atoms. The van der Waals surface area contributed by atoms with E-state index in [9.17, 15) is 9.90 Å². The number of aliphatic hydroxyl groups excluding tert-OH is 2. The van der Waals surface area contributed by atoms with Crippen LogP contribution in [0.1, 0.15) is 22.2 Å². The summed E-state index contributed by atoms with van der Waals surface area (Å²) in [6, 6.07) is 7.96. The summed E-state index contributed by atoms with van der Waals surface area (Å²) in [5.74, 6) is -0.958. The first kappa shape index (κ1) is 12.3. The first-order valence-corrected chi connectivity index (χ1v) is 5.21. The van der Waals surface area contributed by atoms with Gasteiger partial charge in [-0.25, -0.2) is 4.79 Å². The van der Waals surface area contributed by atoms with E-state index >= 15 is 0 Å². The fraction of sp³-hybridized carbons (Fsp3) is 0.167. The molecule has 1 aromatic carbocycles. The van der Waals surface area contributed by atoms with Gasteiger partial charge in [0.2, 0.25) is 0 Å². The Morgan fingerprint density at radius 3 is 2.72 bits per heavy atom. The first-order valence-electron chi connectivity index (χ1n) is 5.21. The molecule has 1 heterocycles. The Morgan fingerprint density at radius 2 is 2.11 bits per heavy atom. The summed E-state index contributed by atoms with van der Waals surface area (Å²) in [5.41, 5.74) is 0.741. The van der Waals surface area contributed by atoms with Crippen LogP contribution in [0.3, 0.4) is 0 Å². The van der Waals surface area contributed by atoms with Crippen molar-refractivity contribution in [1.82, 2.24) is 5.16 Å². The SMILES string of the molecule is O=C(O)c1cc(-c2ccccc2C(O)CO)on1. The van der Waals surface area contributed by atoms with E-state index in [1.54, 1.807) is 24.3 Å². The van der Waals surface area contributed by atoms with Gasteiger partial charge in [0.15, 0.2) is 11.5 Å². The van der Waals surface area contributed by atoms with E-state index in [0.29, 0.717) is 11.1 Å². The van der Waals surface area contributed by atoms with Crippen LogP contribution in [0.15, 0.2) is 34.9 Å². The number of carboxylic acids is 1. The standard InChI is InChI=1S/C12H11NO5/c14-6-10(15)7-3-1-2-4-8(7)11-5-9(12(16)17)13-18-11/h1-5,10,14-15H,6H2,(H,16,17). The molecule has 6 heteroatoms. The number of nitrogens with zero attached hydrogens (tertiary/aromatic N) is 1. The molecule has 1 aromatic heterocycles. The van der Waals surface area contributed by atoms with Crippen LogP contribution in [0.25, 0.3) is 11.3 Å². The normalized spacial score (nSPS) is 12.3. The minimum Gasteiger partial charge on any atom is -0.476 e. The van der Waals surface area contributed by atoms with Crippen LogP contribution in [0.5, 0.6) is 0 Å². The summed E-state index contributed by atoms with van der Waals surface area (Å²) in [6.07, 6.45) is -1.06. The van der Waals surface area contributed by atoms with E-state index in [4.69, 9.17) is 14.7 Å². The molecule has 0 bridgehead atoms. The van der Waals surface area contributed by atoms with E-state index in [0.717, 1.165) is 0 Å². The third kappa shape index (κ3) is 2.24. The van der Waals surface area contributed by atoms with Crippen molar-refractivity contribution in [3.63, 3.8) is 0 Å². The van der Waals surface area contributed by atoms with E-state index in [1.807, 2.05) is 0 Å². The maximum Gasteiger partial charge on any atom is 0.358 e. The number of carbonyl (C=O) groups is 1. The monoisotopic (exact) mass is 249 g/mol.